The van der Waals surface area contributed by atoms with Crippen molar-refractivity contribution in [3.05, 3.63) is 78.2 Å². The van der Waals surface area contributed by atoms with Crippen LogP contribution in [0.25, 0.3) is 11.3 Å². The number of hydrogen-bond acceptors (Lipinski definition) is 4. The number of aromatic nitrogens is 2. The van der Waals surface area contributed by atoms with Crippen molar-refractivity contribution < 1.29 is 9.53 Å². The first-order chi connectivity index (χ1) is 12.3. The van der Waals surface area contributed by atoms with Gasteiger partial charge in [-0.1, -0.05) is 18.2 Å². The molecular formula is C20H19N3O2. The first kappa shape index (κ1) is 16.6. The van der Waals surface area contributed by atoms with Crippen LogP contribution in [0.3, 0.4) is 0 Å². The molecule has 0 saturated carbocycles. The van der Waals surface area contributed by atoms with Crippen LogP contribution in [0.4, 0.5) is 0 Å². The van der Waals surface area contributed by atoms with Crippen LogP contribution in [0.15, 0.2) is 67.1 Å². The van der Waals surface area contributed by atoms with Crippen molar-refractivity contribution in [2.24, 2.45) is 0 Å². The zero-order valence-electron chi connectivity index (χ0n) is 14.0. The zero-order valence-corrected chi connectivity index (χ0v) is 14.0. The minimum absolute atomic E-state index is 0.0437. The topological polar surface area (TPSA) is 64.1 Å². The summed E-state index contributed by atoms with van der Waals surface area (Å²) in [4.78, 5) is 20.7. The molecule has 0 unspecified atom stereocenters. The van der Waals surface area contributed by atoms with Crippen molar-refractivity contribution in [2.45, 2.75) is 13.0 Å². The fourth-order valence-corrected chi connectivity index (χ4v) is 2.58. The molecule has 0 bridgehead atoms. The lowest BCUT2D eigenvalue weighted by Gasteiger charge is -2.10. The highest BCUT2D eigenvalue weighted by Gasteiger charge is 2.09. The molecule has 0 radical (unpaired) electrons. The summed E-state index contributed by atoms with van der Waals surface area (Å²) >= 11 is 0. The normalized spacial score (nSPS) is 10.3. The number of nitrogens with one attached hydrogen (secondary N) is 1. The fraction of sp³-hybridized carbons (Fsp3) is 0.150. The van der Waals surface area contributed by atoms with E-state index in [1.165, 1.54) is 0 Å². The van der Waals surface area contributed by atoms with Gasteiger partial charge in [0.2, 0.25) is 5.91 Å². The number of methoxy groups -OCH3 is 1. The van der Waals surface area contributed by atoms with E-state index < -0.39 is 0 Å². The summed E-state index contributed by atoms with van der Waals surface area (Å²) in [5, 5.41) is 2.96. The highest BCUT2D eigenvalue weighted by atomic mass is 16.5. The molecule has 3 rings (SSSR count). The molecule has 126 valence electrons. The van der Waals surface area contributed by atoms with Crippen molar-refractivity contribution in [2.75, 3.05) is 7.11 Å². The van der Waals surface area contributed by atoms with E-state index in [0.717, 1.165) is 28.1 Å². The van der Waals surface area contributed by atoms with Crippen molar-refractivity contribution in [3.63, 3.8) is 0 Å². The van der Waals surface area contributed by atoms with Crippen molar-refractivity contribution >= 4 is 5.91 Å². The van der Waals surface area contributed by atoms with E-state index in [4.69, 9.17) is 4.74 Å². The maximum absolute atomic E-state index is 12.3. The summed E-state index contributed by atoms with van der Waals surface area (Å²) in [6.45, 7) is 0.425. The highest BCUT2D eigenvalue weighted by Crippen LogP contribution is 2.20. The van der Waals surface area contributed by atoms with Crippen LogP contribution in [0, 0.1) is 0 Å². The first-order valence-electron chi connectivity index (χ1n) is 8.00. The molecule has 1 aromatic carbocycles. The van der Waals surface area contributed by atoms with Gasteiger partial charge in [-0.2, -0.15) is 0 Å². The van der Waals surface area contributed by atoms with Gasteiger partial charge in [-0.3, -0.25) is 14.8 Å². The molecule has 5 nitrogen and oxygen atoms in total. The molecule has 0 aliphatic carbocycles. The quantitative estimate of drug-likeness (QED) is 0.753. The number of benzene rings is 1. The number of amides is 1. The number of ether oxygens (including phenoxy) is 1. The maximum atomic E-state index is 12.3. The molecule has 0 aliphatic heterocycles. The van der Waals surface area contributed by atoms with Gasteiger partial charge in [-0.25, -0.2) is 0 Å². The minimum Gasteiger partial charge on any atom is -0.497 e. The van der Waals surface area contributed by atoms with Crippen LogP contribution in [-0.2, 0) is 17.8 Å². The molecule has 1 N–H and O–H groups in total. The van der Waals surface area contributed by atoms with Gasteiger partial charge in [0.15, 0.2) is 0 Å². The Bertz CT molecular complexity index is 850. The Balaban J connectivity index is 1.66. The van der Waals surface area contributed by atoms with E-state index >= 15 is 0 Å². The molecule has 0 fully saturated rings. The number of rotatable bonds is 6. The smallest absolute Gasteiger partial charge is 0.224 e. The molecule has 5 heteroatoms. The number of nitrogens with zero attached hydrogens (tertiary/aromatic N) is 2. The average molecular weight is 333 g/mol. The molecule has 2 aromatic heterocycles. The van der Waals surface area contributed by atoms with Crippen molar-refractivity contribution in [1.82, 2.24) is 15.3 Å². The Morgan fingerprint density at radius 3 is 2.72 bits per heavy atom. The summed E-state index contributed by atoms with van der Waals surface area (Å²) in [6.07, 6.45) is 5.52. The van der Waals surface area contributed by atoms with Crippen LogP contribution in [-0.4, -0.2) is 23.0 Å². The molecule has 0 aliphatic rings. The predicted molar refractivity (Wildman–Crippen MR) is 96.0 cm³/mol. The second kappa shape index (κ2) is 8.06. The van der Waals surface area contributed by atoms with E-state index in [9.17, 15) is 4.79 Å². The van der Waals surface area contributed by atoms with Crippen LogP contribution >= 0.6 is 0 Å². The van der Waals surface area contributed by atoms with Gasteiger partial charge in [-0.05, 0) is 41.5 Å². The first-order valence-corrected chi connectivity index (χ1v) is 8.00. The van der Waals surface area contributed by atoms with E-state index in [0.29, 0.717) is 13.0 Å². The van der Waals surface area contributed by atoms with Gasteiger partial charge in [0.25, 0.3) is 0 Å². The van der Waals surface area contributed by atoms with Crippen molar-refractivity contribution in [3.8, 4) is 17.0 Å². The van der Waals surface area contributed by atoms with E-state index in [1.807, 2.05) is 48.5 Å². The SMILES string of the molecule is COc1cccc(CC(=O)NCc2cccnc2-c2ccncc2)c1. The molecule has 0 spiro atoms. The summed E-state index contributed by atoms with van der Waals surface area (Å²) in [5.74, 6) is 0.704. The fourth-order valence-electron chi connectivity index (χ4n) is 2.58. The molecule has 1 amide bonds. The molecule has 25 heavy (non-hydrogen) atoms. The lowest BCUT2D eigenvalue weighted by atomic mass is 10.1. The largest absolute Gasteiger partial charge is 0.497 e. The van der Waals surface area contributed by atoms with Gasteiger partial charge in [-0.15, -0.1) is 0 Å². The Morgan fingerprint density at radius 2 is 1.92 bits per heavy atom. The standard InChI is InChI=1S/C20H19N3O2/c1-25-18-6-2-4-15(12-18)13-19(24)23-14-17-5-3-9-22-20(17)16-7-10-21-11-8-16/h2-12H,13-14H2,1H3,(H,23,24). The summed E-state index contributed by atoms with van der Waals surface area (Å²) in [7, 11) is 1.61. The Labute approximate surface area is 146 Å². The molecule has 0 saturated heterocycles. The number of pyridine rings is 2. The second-order valence-corrected chi connectivity index (χ2v) is 5.55. The molecule has 3 aromatic rings. The third-order valence-electron chi connectivity index (χ3n) is 3.82. The lowest BCUT2D eigenvalue weighted by molar-refractivity contribution is -0.120. The Kier molecular flexibility index (Phi) is 5.36. The molecular weight excluding hydrogens is 314 g/mol. The second-order valence-electron chi connectivity index (χ2n) is 5.55. The predicted octanol–water partition coefficient (Wildman–Crippen LogP) is 3.01. The molecule has 2 heterocycles. The maximum Gasteiger partial charge on any atom is 0.224 e. The lowest BCUT2D eigenvalue weighted by Crippen LogP contribution is -2.25. The van der Waals surface area contributed by atoms with E-state index in [2.05, 4.69) is 15.3 Å². The van der Waals surface area contributed by atoms with Crippen molar-refractivity contribution in [1.29, 1.82) is 0 Å². The number of hydrogen-bond donors (Lipinski definition) is 1. The minimum atomic E-state index is -0.0437. The summed E-state index contributed by atoms with van der Waals surface area (Å²) in [6, 6.07) is 15.2. The Hall–Kier alpha value is -3.21. The highest BCUT2D eigenvalue weighted by molar-refractivity contribution is 5.79. The van der Waals surface area contributed by atoms with Gasteiger partial charge >= 0.3 is 0 Å². The molecule has 0 atom stereocenters. The zero-order chi connectivity index (χ0) is 17.5. The van der Waals surface area contributed by atoms with Gasteiger partial charge in [0, 0.05) is 30.7 Å². The summed E-state index contributed by atoms with van der Waals surface area (Å²) in [5.41, 5.74) is 3.71. The monoisotopic (exact) mass is 333 g/mol. The number of carbonyl (C=O) groups is 1. The van der Waals surface area contributed by atoms with Gasteiger partial charge < -0.3 is 10.1 Å². The summed E-state index contributed by atoms with van der Waals surface area (Å²) < 4.78 is 5.19. The number of carbonyl (C=O) groups excluding carboxylic acids is 1. The van der Waals surface area contributed by atoms with Gasteiger partial charge in [0.05, 0.1) is 19.2 Å². The van der Waals surface area contributed by atoms with Crippen LogP contribution in [0.5, 0.6) is 5.75 Å². The van der Waals surface area contributed by atoms with Gasteiger partial charge in [0.1, 0.15) is 5.75 Å². The van der Waals surface area contributed by atoms with Crippen LogP contribution in [0.2, 0.25) is 0 Å². The average Bonchev–Trinajstić information content (AvgIpc) is 2.67. The van der Waals surface area contributed by atoms with Crippen LogP contribution in [0.1, 0.15) is 11.1 Å². The van der Waals surface area contributed by atoms with E-state index in [1.54, 1.807) is 25.7 Å². The third-order valence-corrected chi connectivity index (χ3v) is 3.82. The van der Waals surface area contributed by atoms with Crippen LogP contribution < -0.4 is 10.1 Å². The van der Waals surface area contributed by atoms with E-state index in [-0.39, 0.29) is 5.91 Å². The third kappa shape index (κ3) is 4.41. The Morgan fingerprint density at radius 1 is 1.08 bits per heavy atom.